The predicted molar refractivity (Wildman–Crippen MR) is 62.0 cm³/mol. The van der Waals surface area contributed by atoms with E-state index in [0.29, 0.717) is 5.88 Å². The van der Waals surface area contributed by atoms with Crippen LogP contribution in [0.3, 0.4) is 0 Å². The lowest BCUT2D eigenvalue weighted by Gasteiger charge is -2.09. The molecule has 7 nitrogen and oxygen atoms in total. The quantitative estimate of drug-likeness (QED) is 0.850. The first-order chi connectivity index (χ1) is 8.24. The second-order valence-corrected chi connectivity index (χ2v) is 3.41. The molecule has 2 aromatic heterocycles. The average Bonchev–Trinajstić information content (AvgIpc) is 2.74. The van der Waals surface area contributed by atoms with Crippen molar-refractivity contribution in [2.75, 3.05) is 12.4 Å². The van der Waals surface area contributed by atoms with Gasteiger partial charge >= 0.3 is 6.01 Å². The van der Waals surface area contributed by atoms with Gasteiger partial charge in [0.15, 0.2) is 0 Å². The maximum atomic E-state index is 5.53. The Morgan fingerprint density at radius 2 is 2.18 bits per heavy atom. The fraction of sp³-hybridized carbons (Fsp3) is 0.400. The Morgan fingerprint density at radius 3 is 2.76 bits per heavy atom. The molecular formula is C10H14N6O. The number of anilines is 1. The lowest BCUT2D eigenvalue weighted by molar-refractivity contribution is 0.417. The van der Waals surface area contributed by atoms with Gasteiger partial charge < -0.3 is 10.1 Å². The van der Waals surface area contributed by atoms with Crippen LogP contribution in [-0.4, -0.2) is 31.8 Å². The molecule has 2 rings (SSSR count). The first-order valence-electron chi connectivity index (χ1n) is 5.29. The zero-order valence-corrected chi connectivity index (χ0v) is 10.0. The first kappa shape index (κ1) is 11.3. The van der Waals surface area contributed by atoms with Crippen LogP contribution >= 0.6 is 0 Å². The van der Waals surface area contributed by atoms with E-state index in [1.165, 1.54) is 6.33 Å². The van der Waals surface area contributed by atoms with E-state index in [2.05, 4.69) is 25.4 Å². The normalized spacial score (nSPS) is 10.3. The minimum atomic E-state index is 0.281. The van der Waals surface area contributed by atoms with Crippen LogP contribution in [0, 0.1) is 0 Å². The van der Waals surface area contributed by atoms with Crippen LogP contribution in [0.25, 0.3) is 0 Å². The molecule has 0 fully saturated rings. The number of hydrogen-bond donors (Lipinski definition) is 1. The number of aromatic nitrogens is 5. The highest BCUT2D eigenvalue weighted by Crippen LogP contribution is 2.24. The van der Waals surface area contributed by atoms with E-state index in [9.17, 15) is 0 Å². The van der Waals surface area contributed by atoms with Gasteiger partial charge in [-0.3, -0.25) is 4.68 Å². The molecule has 90 valence electrons. The molecule has 0 spiro atoms. The zero-order chi connectivity index (χ0) is 12.3. The van der Waals surface area contributed by atoms with E-state index in [4.69, 9.17) is 4.74 Å². The first-order valence-corrected chi connectivity index (χ1v) is 5.29. The molecule has 17 heavy (non-hydrogen) atoms. The Balaban J connectivity index is 2.32. The Labute approximate surface area is 98.9 Å². The molecule has 0 aromatic carbocycles. The Hall–Kier alpha value is -2.18. The molecule has 0 atom stereocenters. The standard InChI is InChI=1S/C10H14N6O/c1-4-7-8(11-2)12-5-13-9(7)17-10-14-6-16(3)15-10/h5-6H,4H2,1-3H3,(H,11,12,13). The van der Waals surface area contributed by atoms with Gasteiger partial charge in [0.1, 0.15) is 18.5 Å². The van der Waals surface area contributed by atoms with E-state index in [0.717, 1.165) is 17.8 Å². The third kappa shape index (κ3) is 2.32. The summed E-state index contributed by atoms with van der Waals surface area (Å²) in [6.45, 7) is 2.01. The highest BCUT2D eigenvalue weighted by Gasteiger charge is 2.12. The summed E-state index contributed by atoms with van der Waals surface area (Å²) in [5, 5.41) is 7.04. The zero-order valence-electron chi connectivity index (χ0n) is 10.0. The SMILES string of the molecule is CCc1c(NC)ncnc1Oc1ncn(C)n1. The monoisotopic (exact) mass is 234 g/mol. The molecule has 0 aliphatic carbocycles. The van der Waals surface area contributed by atoms with Gasteiger partial charge in [0, 0.05) is 14.1 Å². The third-order valence-electron chi connectivity index (χ3n) is 2.26. The topological polar surface area (TPSA) is 77.8 Å². The molecule has 0 radical (unpaired) electrons. The number of rotatable bonds is 4. The molecule has 0 bridgehead atoms. The van der Waals surface area contributed by atoms with Crippen LogP contribution in [0.15, 0.2) is 12.7 Å². The van der Waals surface area contributed by atoms with Crippen LogP contribution < -0.4 is 10.1 Å². The fourth-order valence-electron chi connectivity index (χ4n) is 1.47. The minimum absolute atomic E-state index is 0.281. The van der Waals surface area contributed by atoms with E-state index >= 15 is 0 Å². The Kier molecular flexibility index (Phi) is 3.17. The van der Waals surface area contributed by atoms with Crippen molar-refractivity contribution in [2.24, 2.45) is 7.05 Å². The van der Waals surface area contributed by atoms with Crippen molar-refractivity contribution in [3.8, 4) is 11.9 Å². The molecule has 0 saturated heterocycles. The van der Waals surface area contributed by atoms with Gasteiger partial charge in [0.25, 0.3) is 0 Å². The summed E-state index contributed by atoms with van der Waals surface area (Å²) < 4.78 is 7.10. The average molecular weight is 234 g/mol. The number of nitrogens with one attached hydrogen (secondary N) is 1. The van der Waals surface area contributed by atoms with Gasteiger partial charge in [-0.2, -0.15) is 4.98 Å². The van der Waals surface area contributed by atoms with Gasteiger partial charge in [-0.05, 0) is 6.42 Å². The fourth-order valence-corrected chi connectivity index (χ4v) is 1.47. The van der Waals surface area contributed by atoms with Crippen molar-refractivity contribution in [1.82, 2.24) is 24.7 Å². The molecule has 7 heteroatoms. The summed E-state index contributed by atoms with van der Waals surface area (Å²) in [4.78, 5) is 12.2. The smallest absolute Gasteiger partial charge is 0.342 e. The molecule has 2 heterocycles. The van der Waals surface area contributed by atoms with E-state index in [1.54, 1.807) is 18.1 Å². The van der Waals surface area contributed by atoms with E-state index < -0.39 is 0 Å². The highest BCUT2D eigenvalue weighted by atomic mass is 16.5. The van der Waals surface area contributed by atoms with E-state index in [-0.39, 0.29) is 6.01 Å². The minimum Gasteiger partial charge on any atom is -0.404 e. The van der Waals surface area contributed by atoms with Gasteiger partial charge in [0.05, 0.1) is 5.56 Å². The van der Waals surface area contributed by atoms with Crippen molar-refractivity contribution >= 4 is 5.82 Å². The van der Waals surface area contributed by atoms with Crippen molar-refractivity contribution in [3.05, 3.63) is 18.2 Å². The second kappa shape index (κ2) is 4.77. The summed E-state index contributed by atoms with van der Waals surface area (Å²) >= 11 is 0. The summed E-state index contributed by atoms with van der Waals surface area (Å²) in [7, 11) is 3.59. The van der Waals surface area contributed by atoms with Gasteiger partial charge in [-0.1, -0.05) is 6.92 Å². The van der Waals surface area contributed by atoms with Crippen molar-refractivity contribution in [1.29, 1.82) is 0 Å². The molecule has 0 unspecified atom stereocenters. The van der Waals surface area contributed by atoms with Crippen LogP contribution in [0.1, 0.15) is 12.5 Å². The van der Waals surface area contributed by atoms with Crippen LogP contribution in [0.4, 0.5) is 5.82 Å². The third-order valence-corrected chi connectivity index (χ3v) is 2.26. The van der Waals surface area contributed by atoms with Gasteiger partial charge in [-0.15, -0.1) is 5.10 Å². The van der Waals surface area contributed by atoms with Crippen LogP contribution in [0.2, 0.25) is 0 Å². The molecular weight excluding hydrogens is 220 g/mol. The Bertz CT molecular complexity index is 509. The molecule has 0 saturated carbocycles. The van der Waals surface area contributed by atoms with Crippen molar-refractivity contribution < 1.29 is 4.74 Å². The number of aryl methyl sites for hydroxylation is 1. The molecule has 0 aliphatic heterocycles. The molecule has 0 aliphatic rings. The van der Waals surface area contributed by atoms with Crippen LogP contribution in [0.5, 0.6) is 11.9 Å². The van der Waals surface area contributed by atoms with Gasteiger partial charge in [0.2, 0.25) is 5.88 Å². The molecule has 0 amide bonds. The Morgan fingerprint density at radius 1 is 1.35 bits per heavy atom. The predicted octanol–water partition coefficient (Wildman–Crippen LogP) is 1.00. The van der Waals surface area contributed by atoms with Gasteiger partial charge in [-0.25, -0.2) is 9.97 Å². The summed E-state index contributed by atoms with van der Waals surface area (Å²) in [6, 6.07) is 0.281. The largest absolute Gasteiger partial charge is 0.404 e. The maximum absolute atomic E-state index is 5.53. The number of nitrogens with zero attached hydrogens (tertiary/aromatic N) is 5. The lowest BCUT2D eigenvalue weighted by atomic mass is 10.2. The number of ether oxygens (including phenoxy) is 1. The lowest BCUT2D eigenvalue weighted by Crippen LogP contribution is -2.03. The van der Waals surface area contributed by atoms with Crippen LogP contribution in [-0.2, 0) is 13.5 Å². The second-order valence-electron chi connectivity index (χ2n) is 3.41. The van der Waals surface area contributed by atoms with E-state index in [1.807, 2.05) is 14.0 Å². The van der Waals surface area contributed by atoms with Crippen molar-refractivity contribution in [2.45, 2.75) is 13.3 Å². The summed E-state index contributed by atoms with van der Waals surface area (Å²) in [5.41, 5.74) is 0.905. The van der Waals surface area contributed by atoms with Crippen molar-refractivity contribution in [3.63, 3.8) is 0 Å². The highest BCUT2D eigenvalue weighted by molar-refractivity contribution is 5.48. The number of hydrogen-bond acceptors (Lipinski definition) is 6. The summed E-state index contributed by atoms with van der Waals surface area (Å²) in [6.07, 6.45) is 3.78. The molecule has 1 N–H and O–H groups in total. The molecule has 2 aromatic rings. The maximum Gasteiger partial charge on any atom is 0.342 e. The summed E-state index contributed by atoms with van der Waals surface area (Å²) in [5.74, 6) is 1.24.